The number of nitrogens with zero attached hydrogens (tertiary/aromatic N) is 2. The predicted molar refractivity (Wildman–Crippen MR) is 78.5 cm³/mol. The molecule has 0 radical (unpaired) electrons. The SMILES string of the molecule is CC1CN(C)CCCN1C(=O)c1ccc(N)cc1Cl. The Labute approximate surface area is 119 Å². The van der Waals surface area contributed by atoms with Gasteiger partial charge in [-0.3, -0.25) is 4.79 Å². The first-order valence-corrected chi connectivity index (χ1v) is 6.91. The topological polar surface area (TPSA) is 49.6 Å². The van der Waals surface area contributed by atoms with Gasteiger partial charge in [0, 0.05) is 24.8 Å². The third kappa shape index (κ3) is 3.19. The lowest BCUT2D eigenvalue weighted by molar-refractivity contribution is 0.0697. The van der Waals surface area contributed by atoms with Crippen LogP contribution >= 0.6 is 11.6 Å². The second-order valence-corrected chi connectivity index (χ2v) is 5.61. The van der Waals surface area contributed by atoms with Crippen LogP contribution in [0.25, 0.3) is 0 Å². The van der Waals surface area contributed by atoms with E-state index in [1.807, 2.05) is 4.90 Å². The maximum absolute atomic E-state index is 12.6. The number of halogens is 1. The minimum atomic E-state index is -0.00667. The predicted octanol–water partition coefficient (Wildman–Crippen LogP) is 2.09. The number of benzene rings is 1. The molecule has 0 saturated carbocycles. The van der Waals surface area contributed by atoms with Gasteiger partial charge < -0.3 is 15.5 Å². The summed E-state index contributed by atoms with van der Waals surface area (Å²) < 4.78 is 0. The summed E-state index contributed by atoms with van der Waals surface area (Å²) in [5.41, 5.74) is 6.77. The molecular formula is C14H20ClN3O. The van der Waals surface area contributed by atoms with Crippen LogP contribution < -0.4 is 5.73 Å². The van der Waals surface area contributed by atoms with Gasteiger partial charge in [0.15, 0.2) is 0 Å². The first-order chi connectivity index (χ1) is 8.99. The Morgan fingerprint density at radius 2 is 2.16 bits per heavy atom. The quantitative estimate of drug-likeness (QED) is 0.802. The molecule has 5 heteroatoms. The molecule has 0 spiro atoms. The Morgan fingerprint density at radius 1 is 1.42 bits per heavy atom. The summed E-state index contributed by atoms with van der Waals surface area (Å²) in [4.78, 5) is 16.7. The van der Waals surface area contributed by atoms with Gasteiger partial charge in [0.05, 0.1) is 10.6 Å². The Balaban J connectivity index is 2.22. The van der Waals surface area contributed by atoms with Crippen LogP contribution in [0.1, 0.15) is 23.7 Å². The molecule has 1 amide bonds. The van der Waals surface area contributed by atoms with E-state index in [9.17, 15) is 4.79 Å². The van der Waals surface area contributed by atoms with Crippen molar-refractivity contribution in [2.24, 2.45) is 0 Å². The molecule has 1 unspecified atom stereocenters. The number of hydrogen-bond donors (Lipinski definition) is 1. The standard InChI is InChI=1S/C14H20ClN3O/c1-10-9-17(2)6-3-7-18(10)14(19)12-5-4-11(16)8-13(12)15/h4-5,8,10H,3,6-7,9,16H2,1-2H3. The van der Waals surface area contributed by atoms with Crippen molar-refractivity contribution in [3.8, 4) is 0 Å². The second-order valence-electron chi connectivity index (χ2n) is 5.20. The average molecular weight is 282 g/mol. The van der Waals surface area contributed by atoms with Crippen LogP contribution in [-0.4, -0.2) is 48.4 Å². The molecule has 1 aromatic carbocycles. The lowest BCUT2D eigenvalue weighted by Crippen LogP contribution is -2.42. The molecular weight excluding hydrogens is 262 g/mol. The summed E-state index contributed by atoms with van der Waals surface area (Å²) in [7, 11) is 2.08. The summed E-state index contributed by atoms with van der Waals surface area (Å²) >= 11 is 6.12. The zero-order chi connectivity index (χ0) is 14.0. The highest BCUT2D eigenvalue weighted by Gasteiger charge is 2.26. The Kier molecular flexibility index (Phi) is 4.32. The van der Waals surface area contributed by atoms with Crippen LogP contribution in [0.2, 0.25) is 5.02 Å². The number of nitrogen functional groups attached to an aromatic ring is 1. The van der Waals surface area contributed by atoms with E-state index < -0.39 is 0 Å². The van der Waals surface area contributed by atoms with Crippen LogP contribution in [0, 0.1) is 0 Å². The summed E-state index contributed by atoms with van der Waals surface area (Å²) in [5.74, 6) is -0.00667. The van der Waals surface area contributed by atoms with Gasteiger partial charge in [0.25, 0.3) is 5.91 Å². The first-order valence-electron chi connectivity index (χ1n) is 6.53. The van der Waals surface area contributed by atoms with E-state index in [2.05, 4.69) is 18.9 Å². The molecule has 1 fully saturated rings. The number of hydrogen-bond acceptors (Lipinski definition) is 3. The zero-order valence-corrected chi connectivity index (χ0v) is 12.2. The smallest absolute Gasteiger partial charge is 0.255 e. The van der Waals surface area contributed by atoms with Gasteiger partial charge in [-0.1, -0.05) is 11.6 Å². The van der Waals surface area contributed by atoms with Crippen molar-refractivity contribution in [1.82, 2.24) is 9.80 Å². The molecule has 2 rings (SSSR count). The number of rotatable bonds is 1. The van der Waals surface area contributed by atoms with E-state index in [0.29, 0.717) is 16.3 Å². The van der Waals surface area contributed by atoms with Gasteiger partial charge in [-0.2, -0.15) is 0 Å². The minimum Gasteiger partial charge on any atom is -0.399 e. The van der Waals surface area contributed by atoms with Gasteiger partial charge in [-0.25, -0.2) is 0 Å². The van der Waals surface area contributed by atoms with E-state index >= 15 is 0 Å². The molecule has 0 aromatic heterocycles. The Bertz CT molecular complexity index is 478. The van der Waals surface area contributed by atoms with E-state index in [1.165, 1.54) is 0 Å². The fourth-order valence-corrected chi connectivity index (χ4v) is 2.80. The first kappa shape index (κ1) is 14.2. The molecule has 1 heterocycles. The molecule has 104 valence electrons. The van der Waals surface area contributed by atoms with Gasteiger partial charge >= 0.3 is 0 Å². The molecule has 1 aliphatic heterocycles. The van der Waals surface area contributed by atoms with Gasteiger partial charge in [-0.15, -0.1) is 0 Å². The average Bonchev–Trinajstić information content (AvgIpc) is 2.49. The molecule has 4 nitrogen and oxygen atoms in total. The number of amides is 1. The van der Waals surface area contributed by atoms with E-state index in [-0.39, 0.29) is 11.9 Å². The van der Waals surface area contributed by atoms with Crippen LogP contribution in [0.4, 0.5) is 5.69 Å². The van der Waals surface area contributed by atoms with Crippen molar-refractivity contribution in [2.75, 3.05) is 32.4 Å². The van der Waals surface area contributed by atoms with Crippen molar-refractivity contribution in [3.05, 3.63) is 28.8 Å². The minimum absolute atomic E-state index is 0.00667. The highest BCUT2D eigenvalue weighted by atomic mass is 35.5. The largest absolute Gasteiger partial charge is 0.399 e. The van der Waals surface area contributed by atoms with E-state index in [1.54, 1.807) is 18.2 Å². The van der Waals surface area contributed by atoms with Crippen molar-refractivity contribution in [2.45, 2.75) is 19.4 Å². The molecule has 1 atom stereocenters. The molecule has 1 aromatic rings. The number of carbonyl (C=O) groups is 1. The number of likely N-dealkylation sites (N-methyl/N-ethyl adjacent to an activating group) is 1. The highest BCUT2D eigenvalue weighted by Crippen LogP contribution is 2.22. The van der Waals surface area contributed by atoms with E-state index in [0.717, 1.165) is 26.1 Å². The Hall–Kier alpha value is -1.26. The molecule has 1 aliphatic rings. The summed E-state index contributed by atoms with van der Waals surface area (Å²) in [6.45, 7) is 4.75. The molecule has 1 saturated heterocycles. The van der Waals surface area contributed by atoms with E-state index in [4.69, 9.17) is 17.3 Å². The fourth-order valence-electron chi connectivity index (χ4n) is 2.53. The lowest BCUT2D eigenvalue weighted by atomic mass is 10.1. The summed E-state index contributed by atoms with van der Waals surface area (Å²) in [6, 6.07) is 5.24. The summed E-state index contributed by atoms with van der Waals surface area (Å²) in [6.07, 6.45) is 0.985. The fraction of sp³-hybridized carbons (Fsp3) is 0.500. The van der Waals surface area contributed by atoms with Crippen LogP contribution in [0.15, 0.2) is 18.2 Å². The lowest BCUT2D eigenvalue weighted by Gasteiger charge is -2.28. The van der Waals surface area contributed by atoms with Crippen molar-refractivity contribution < 1.29 is 4.79 Å². The second kappa shape index (κ2) is 5.80. The normalized spacial score (nSPS) is 21.2. The van der Waals surface area contributed by atoms with Gasteiger partial charge in [0.1, 0.15) is 0 Å². The number of nitrogens with two attached hydrogens (primary N) is 1. The molecule has 0 bridgehead atoms. The number of carbonyl (C=O) groups excluding carboxylic acids is 1. The van der Waals surface area contributed by atoms with Crippen LogP contribution in [0.5, 0.6) is 0 Å². The third-order valence-electron chi connectivity index (χ3n) is 3.53. The molecule has 0 aliphatic carbocycles. The van der Waals surface area contributed by atoms with Gasteiger partial charge in [-0.05, 0) is 45.1 Å². The Morgan fingerprint density at radius 3 is 2.84 bits per heavy atom. The highest BCUT2D eigenvalue weighted by molar-refractivity contribution is 6.34. The number of anilines is 1. The molecule has 19 heavy (non-hydrogen) atoms. The third-order valence-corrected chi connectivity index (χ3v) is 3.84. The van der Waals surface area contributed by atoms with Crippen LogP contribution in [-0.2, 0) is 0 Å². The summed E-state index contributed by atoms with van der Waals surface area (Å²) in [5, 5.41) is 0.426. The van der Waals surface area contributed by atoms with Crippen molar-refractivity contribution in [1.29, 1.82) is 0 Å². The maximum Gasteiger partial charge on any atom is 0.255 e. The van der Waals surface area contributed by atoms with Gasteiger partial charge in [0.2, 0.25) is 0 Å². The monoisotopic (exact) mass is 281 g/mol. The van der Waals surface area contributed by atoms with Crippen LogP contribution in [0.3, 0.4) is 0 Å². The molecule has 2 N–H and O–H groups in total. The zero-order valence-electron chi connectivity index (χ0n) is 11.4. The van der Waals surface area contributed by atoms with Crippen molar-refractivity contribution in [3.63, 3.8) is 0 Å². The van der Waals surface area contributed by atoms with Crippen molar-refractivity contribution >= 4 is 23.2 Å². The maximum atomic E-state index is 12.6.